The average molecular weight is 872 g/mol. The molecule has 0 spiro atoms. The molecule has 13 rings (SSSR count). The number of thiophene rings is 1. The number of fused-ring (bicyclic) bond motifs is 9. The summed E-state index contributed by atoms with van der Waals surface area (Å²) >= 11 is 1.84. The summed E-state index contributed by atoms with van der Waals surface area (Å²) in [6.07, 6.45) is -0.263. The Kier molecular flexibility index (Phi) is 9.43. The Morgan fingerprint density at radius 3 is 1.45 bits per heavy atom. The zero-order valence-electron chi connectivity index (χ0n) is 36.4. The quantitative estimate of drug-likeness (QED) is 0.159. The maximum Gasteiger partial charge on any atom is 0.160 e. The highest BCUT2D eigenvalue weighted by Crippen LogP contribution is 2.41. The molecule has 1 aromatic heterocycles. The van der Waals surface area contributed by atoms with E-state index in [2.05, 4.69) is 218 Å². The molecule has 1 N–H and O–H groups in total. The molecule has 0 saturated heterocycles. The van der Waals surface area contributed by atoms with Crippen molar-refractivity contribution in [2.45, 2.75) is 6.17 Å². The van der Waals surface area contributed by atoms with E-state index < -0.39 is 0 Å². The highest BCUT2D eigenvalue weighted by atomic mass is 32.1. The SMILES string of the molecule is c1ccc(C2=NC(c3ccccc3-c3ccc4c(c3)sc3ccc(-c5cccc(-c6cccc(-c7ccc8c9ccccc9c9ccccc9c8c7)c6)c5)cc34)=NC(c3ccccc3)N2)cc1. The van der Waals surface area contributed by atoms with Crippen molar-refractivity contribution in [2.75, 3.05) is 0 Å². The van der Waals surface area contributed by atoms with Crippen LogP contribution in [0.3, 0.4) is 0 Å². The lowest BCUT2D eigenvalue weighted by Crippen LogP contribution is -2.33. The summed E-state index contributed by atoms with van der Waals surface area (Å²) < 4.78 is 2.53. The molecule has 1 aliphatic heterocycles. The Morgan fingerprint density at radius 1 is 0.313 bits per heavy atom. The van der Waals surface area contributed by atoms with E-state index in [9.17, 15) is 0 Å². The molecule has 0 fully saturated rings. The van der Waals surface area contributed by atoms with Gasteiger partial charge in [-0.3, -0.25) is 0 Å². The number of benzene rings is 11. The standard InChI is InChI=1S/C63H41N3S/c1-3-15-40(16-4-1)61-64-62(41-17-5-2-6-18-41)66-63(65-61)56-28-12-7-23-49(56)48-30-33-55-58-38-47(31-34-59(58)67-60(55)39-48)45-22-14-20-43(36-45)42-19-13-21-44(35-42)46-29-32-54-52-26-9-8-24-50(52)51-25-10-11-27-53(51)57(54)37-46/h1-39,61H,(H,64,65,66). The van der Waals surface area contributed by atoms with E-state index in [-0.39, 0.29) is 6.17 Å². The minimum Gasteiger partial charge on any atom is -0.344 e. The first kappa shape index (κ1) is 39.0. The van der Waals surface area contributed by atoms with Crippen LogP contribution in [0.15, 0.2) is 247 Å². The molecule has 0 amide bonds. The number of hydrogen-bond acceptors (Lipinski definition) is 4. The Labute approximate surface area is 392 Å². The molecule has 314 valence electrons. The molecule has 1 aliphatic rings. The monoisotopic (exact) mass is 871 g/mol. The summed E-state index contributed by atoms with van der Waals surface area (Å²) in [6, 6.07) is 85.5. The van der Waals surface area contributed by atoms with Crippen molar-refractivity contribution >= 4 is 75.5 Å². The van der Waals surface area contributed by atoms with Gasteiger partial charge in [0.15, 0.2) is 5.84 Å². The van der Waals surface area contributed by atoms with Crippen LogP contribution in [0.4, 0.5) is 0 Å². The zero-order chi connectivity index (χ0) is 44.3. The van der Waals surface area contributed by atoms with Crippen LogP contribution in [0.1, 0.15) is 22.9 Å². The van der Waals surface area contributed by atoms with Gasteiger partial charge in [-0.1, -0.05) is 200 Å². The third-order valence-electron chi connectivity index (χ3n) is 13.3. The number of hydrogen-bond donors (Lipinski definition) is 1. The van der Waals surface area contributed by atoms with Crippen molar-refractivity contribution in [3.05, 3.63) is 253 Å². The van der Waals surface area contributed by atoms with E-state index >= 15 is 0 Å². The van der Waals surface area contributed by atoms with Gasteiger partial charge in [0.25, 0.3) is 0 Å². The van der Waals surface area contributed by atoms with Crippen LogP contribution in [0.5, 0.6) is 0 Å². The van der Waals surface area contributed by atoms with Crippen LogP contribution in [0, 0.1) is 0 Å². The molecule has 11 aromatic carbocycles. The summed E-state index contributed by atoms with van der Waals surface area (Å²) in [5.74, 6) is 1.53. The number of rotatable bonds is 7. The largest absolute Gasteiger partial charge is 0.344 e. The predicted molar refractivity (Wildman–Crippen MR) is 285 cm³/mol. The minimum absolute atomic E-state index is 0.263. The van der Waals surface area contributed by atoms with E-state index in [1.807, 2.05) is 35.6 Å². The fraction of sp³-hybridized carbons (Fsp3) is 0.0159. The maximum atomic E-state index is 5.21. The third-order valence-corrected chi connectivity index (χ3v) is 14.5. The molecule has 2 heterocycles. The molecule has 3 nitrogen and oxygen atoms in total. The number of nitrogens with zero attached hydrogens (tertiary/aromatic N) is 2. The second-order valence-electron chi connectivity index (χ2n) is 17.3. The van der Waals surface area contributed by atoms with Gasteiger partial charge in [0.05, 0.1) is 0 Å². The highest BCUT2D eigenvalue weighted by molar-refractivity contribution is 7.25. The molecule has 1 unspecified atom stereocenters. The molecular formula is C63H41N3S. The first-order valence-electron chi connectivity index (χ1n) is 22.8. The van der Waals surface area contributed by atoms with Gasteiger partial charge in [0, 0.05) is 31.3 Å². The van der Waals surface area contributed by atoms with Crippen molar-refractivity contribution in [2.24, 2.45) is 9.98 Å². The van der Waals surface area contributed by atoms with Gasteiger partial charge >= 0.3 is 0 Å². The zero-order valence-corrected chi connectivity index (χ0v) is 37.2. The van der Waals surface area contributed by atoms with Crippen LogP contribution in [-0.4, -0.2) is 11.7 Å². The molecule has 67 heavy (non-hydrogen) atoms. The van der Waals surface area contributed by atoms with Gasteiger partial charge in [0.2, 0.25) is 0 Å². The molecule has 0 bridgehead atoms. The lowest BCUT2D eigenvalue weighted by atomic mass is 9.91. The van der Waals surface area contributed by atoms with E-state index in [0.717, 1.165) is 33.7 Å². The molecule has 0 aliphatic carbocycles. The van der Waals surface area contributed by atoms with Crippen LogP contribution in [0.2, 0.25) is 0 Å². The second kappa shape index (κ2) is 16.2. The molecule has 4 heteroatoms. The van der Waals surface area contributed by atoms with Gasteiger partial charge in [-0.05, 0) is 119 Å². The average Bonchev–Trinajstić information content (AvgIpc) is 3.78. The smallest absolute Gasteiger partial charge is 0.160 e. The van der Waals surface area contributed by atoms with Gasteiger partial charge in [-0.15, -0.1) is 11.3 Å². The topological polar surface area (TPSA) is 36.8 Å². The molecular weight excluding hydrogens is 831 g/mol. The predicted octanol–water partition coefficient (Wildman–Crippen LogP) is 16.7. The van der Waals surface area contributed by atoms with E-state index in [4.69, 9.17) is 9.98 Å². The van der Waals surface area contributed by atoms with E-state index in [0.29, 0.717) is 5.84 Å². The number of nitrogens with one attached hydrogen (secondary N) is 1. The maximum absolute atomic E-state index is 5.21. The third kappa shape index (κ3) is 6.98. The molecule has 0 radical (unpaired) electrons. The van der Waals surface area contributed by atoms with Crippen molar-refractivity contribution in [1.82, 2.24) is 5.32 Å². The van der Waals surface area contributed by atoms with Crippen LogP contribution in [-0.2, 0) is 0 Å². The fourth-order valence-electron chi connectivity index (χ4n) is 10.0. The molecule has 0 saturated carbocycles. The lowest BCUT2D eigenvalue weighted by Gasteiger charge is -2.24. The molecule has 1 atom stereocenters. The first-order chi connectivity index (χ1) is 33.2. The van der Waals surface area contributed by atoms with Crippen molar-refractivity contribution < 1.29 is 0 Å². The van der Waals surface area contributed by atoms with Crippen LogP contribution < -0.4 is 5.32 Å². The summed E-state index contributed by atoms with van der Waals surface area (Å²) in [5, 5.41) is 13.9. The fourth-order valence-corrected chi connectivity index (χ4v) is 11.1. The summed E-state index contributed by atoms with van der Waals surface area (Å²) in [7, 11) is 0. The van der Waals surface area contributed by atoms with Crippen LogP contribution >= 0.6 is 11.3 Å². The van der Waals surface area contributed by atoms with Crippen LogP contribution in [0.25, 0.3) is 97.0 Å². The van der Waals surface area contributed by atoms with E-state index in [1.165, 1.54) is 85.9 Å². The number of amidine groups is 2. The second-order valence-corrected chi connectivity index (χ2v) is 18.4. The van der Waals surface area contributed by atoms with Gasteiger partial charge < -0.3 is 5.32 Å². The Balaban J connectivity index is 0.831. The summed E-state index contributed by atoms with van der Waals surface area (Å²) in [4.78, 5) is 10.4. The van der Waals surface area contributed by atoms with Crippen molar-refractivity contribution in [1.29, 1.82) is 0 Å². The summed E-state index contributed by atoms with van der Waals surface area (Å²) in [5.41, 5.74) is 12.6. The van der Waals surface area contributed by atoms with Gasteiger partial charge in [0.1, 0.15) is 12.0 Å². The van der Waals surface area contributed by atoms with Crippen molar-refractivity contribution in [3.63, 3.8) is 0 Å². The van der Waals surface area contributed by atoms with Gasteiger partial charge in [-0.25, -0.2) is 9.98 Å². The number of aliphatic imine (C=N–C) groups is 2. The Bertz CT molecular complexity index is 3920. The minimum atomic E-state index is -0.263. The van der Waals surface area contributed by atoms with Gasteiger partial charge in [-0.2, -0.15) is 0 Å². The Hall–Kier alpha value is -8.44. The van der Waals surface area contributed by atoms with Crippen molar-refractivity contribution in [3.8, 4) is 44.5 Å². The summed E-state index contributed by atoms with van der Waals surface area (Å²) in [6.45, 7) is 0. The Morgan fingerprint density at radius 2 is 0.791 bits per heavy atom. The molecule has 12 aromatic rings. The highest BCUT2D eigenvalue weighted by Gasteiger charge is 2.23. The normalized spacial score (nSPS) is 13.8. The lowest BCUT2D eigenvalue weighted by molar-refractivity contribution is 0.674. The van der Waals surface area contributed by atoms with E-state index in [1.54, 1.807) is 0 Å². The first-order valence-corrected chi connectivity index (χ1v) is 23.6.